The van der Waals surface area contributed by atoms with Crippen molar-refractivity contribution < 1.29 is 27.8 Å². The summed E-state index contributed by atoms with van der Waals surface area (Å²) in [6.07, 6.45) is -4.15. The standard InChI is InChI=1S/C23H19ClF3NO3/c1-21(2)19(20(29)30)22(21,12-18(24)23(25,26)27)17(13-28)14-7-6-10-16(11-14)31-15-8-4-3-5-9-15/h3-12,17,19H,1-2H3,(H,29,30)/b18-12+/t17-,19+,22-/m1/s1. The Balaban J connectivity index is 2.09. The van der Waals surface area contributed by atoms with Gasteiger partial charge in [0.2, 0.25) is 0 Å². The van der Waals surface area contributed by atoms with Crippen LogP contribution >= 0.6 is 11.6 Å². The van der Waals surface area contributed by atoms with Crippen LogP contribution in [0.5, 0.6) is 11.5 Å². The molecule has 3 rings (SSSR count). The van der Waals surface area contributed by atoms with Crippen LogP contribution in [-0.4, -0.2) is 17.3 Å². The third-order valence-electron chi connectivity index (χ3n) is 5.89. The molecular weight excluding hydrogens is 431 g/mol. The number of ether oxygens (including phenoxy) is 1. The molecule has 0 spiro atoms. The molecular formula is C23H19ClF3NO3. The Hall–Kier alpha value is -2.98. The van der Waals surface area contributed by atoms with Gasteiger partial charge in [0.25, 0.3) is 0 Å². The molecule has 162 valence electrons. The zero-order valence-electron chi connectivity index (χ0n) is 16.7. The minimum Gasteiger partial charge on any atom is -0.481 e. The van der Waals surface area contributed by atoms with Gasteiger partial charge in [-0.3, -0.25) is 4.79 Å². The van der Waals surface area contributed by atoms with Gasteiger partial charge in [-0.25, -0.2) is 0 Å². The maximum Gasteiger partial charge on any atom is 0.426 e. The fourth-order valence-corrected chi connectivity index (χ4v) is 4.55. The molecule has 4 nitrogen and oxygen atoms in total. The lowest BCUT2D eigenvalue weighted by Gasteiger charge is -2.24. The molecule has 1 aliphatic carbocycles. The molecule has 0 aromatic heterocycles. The molecule has 2 aromatic rings. The van der Waals surface area contributed by atoms with E-state index in [9.17, 15) is 28.3 Å². The number of carboxylic acids is 1. The summed E-state index contributed by atoms with van der Waals surface area (Å²) in [5.74, 6) is -2.79. The Morgan fingerprint density at radius 1 is 1.19 bits per heavy atom. The van der Waals surface area contributed by atoms with Gasteiger partial charge in [0.15, 0.2) is 0 Å². The molecule has 3 atom stereocenters. The number of hydrogen-bond donors (Lipinski definition) is 1. The van der Waals surface area contributed by atoms with Crippen LogP contribution in [0.3, 0.4) is 0 Å². The third-order valence-corrected chi connectivity index (χ3v) is 6.22. The van der Waals surface area contributed by atoms with E-state index in [1.807, 2.05) is 12.1 Å². The molecule has 0 aliphatic heterocycles. The molecule has 1 aliphatic rings. The Kier molecular flexibility index (Phi) is 5.81. The lowest BCUT2D eigenvalue weighted by Crippen LogP contribution is -2.21. The largest absolute Gasteiger partial charge is 0.481 e. The van der Waals surface area contributed by atoms with Crippen LogP contribution in [-0.2, 0) is 4.79 Å². The Labute approximate surface area is 182 Å². The highest BCUT2D eigenvalue weighted by atomic mass is 35.5. The molecule has 0 radical (unpaired) electrons. The SMILES string of the molecule is CC1(C)[C@H](C(=O)O)[C@@]1(/C=C(/Cl)C(F)(F)F)[C@H](C#N)c1cccc(Oc2ccccc2)c1. The Bertz CT molecular complexity index is 1060. The predicted molar refractivity (Wildman–Crippen MR) is 109 cm³/mol. The number of alkyl halides is 3. The van der Waals surface area contributed by atoms with Crippen molar-refractivity contribution in [1.29, 1.82) is 5.26 Å². The summed E-state index contributed by atoms with van der Waals surface area (Å²) >= 11 is 5.51. The first-order valence-corrected chi connectivity index (χ1v) is 9.73. The van der Waals surface area contributed by atoms with Crippen LogP contribution in [0.1, 0.15) is 25.3 Å². The minimum atomic E-state index is -4.85. The first kappa shape index (κ1) is 22.7. The number of aliphatic carboxylic acids is 1. The molecule has 1 fully saturated rings. The highest BCUT2D eigenvalue weighted by molar-refractivity contribution is 6.30. The van der Waals surface area contributed by atoms with Gasteiger partial charge >= 0.3 is 12.1 Å². The predicted octanol–water partition coefficient (Wildman–Crippen LogP) is 6.50. The van der Waals surface area contributed by atoms with Crippen LogP contribution < -0.4 is 4.74 Å². The number of carboxylic acid groups (broad SMARTS) is 1. The summed E-state index contributed by atoms with van der Waals surface area (Å²) in [6, 6.07) is 17.2. The zero-order chi connectivity index (χ0) is 23.0. The van der Waals surface area contributed by atoms with Gasteiger partial charge in [-0.15, -0.1) is 0 Å². The summed E-state index contributed by atoms with van der Waals surface area (Å²) in [4.78, 5) is 11.9. The van der Waals surface area contributed by atoms with E-state index in [0.29, 0.717) is 23.1 Å². The van der Waals surface area contributed by atoms with Crippen molar-refractivity contribution in [1.82, 2.24) is 0 Å². The number of allylic oxidation sites excluding steroid dienone is 2. The van der Waals surface area contributed by atoms with E-state index >= 15 is 0 Å². The van der Waals surface area contributed by atoms with Crippen molar-refractivity contribution in [3.05, 3.63) is 71.3 Å². The maximum atomic E-state index is 13.2. The quantitative estimate of drug-likeness (QED) is 0.546. The van der Waals surface area contributed by atoms with Crippen molar-refractivity contribution in [3.63, 3.8) is 0 Å². The topological polar surface area (TPSA) is 70.3 Å². The van der Waals surface area contributed by atoms with Crippen molar-refractivity contribution in [2.75, 3.05) is 0 Å². The number of nitriles is 1. The van der Waals surface area contributed by atoms with E-state index in [2.05, 4.69) is 0 Å². The van der Waals surface area contributed by atoms with Crippen molar-refractivity contribution in [3.8, 4) is 17.6 Å². The maximum absolute atomic E-state index is 13.2. The lowest BCUT2D eigenvalue weighted by molar-refractivity contribution is -0.139. The van der Waals surface area contributed by atoms with Crippen LogP contribution in [0, 0.1) is 28.1 Å². The monoisotopic (exact) mass is 449 g/mol. The van der Waals surface area contributed by atoms with E-state index in [1.54, 1.807) is 42.5 Å². The second-order valence-corrected chi connectivity index (χ2v) is 8.37. The molecule has 1 saturated carbocycles. The van der Waals surface area contributed by atoms with Crippen LogP contribution in [0.15, 0.2) is 65.7 Å². The first-order valence-electron chi connectivity index (χ1n) is 9.36. The molecule has 0 heterocycles. The normalized spacial score (nSPS) is 23.5. The number of carbonyl (C=O) groups is 1. The van der Waals surface area contributed by atoms with Gasteiger partial charge in [0.1, 0.15) is 16.5 Å². The van der Waals surface area contributed by atoms with Gasteiger partial charge < -0.3 is 9.84 Å². The molecule has 0 saturated heterocycles. The number of para-hydroxylation sites is 1. The van der Waals surface area contributed by atoms with E-state index in [1.165, 1.54) is 19.9 Å². The van der Waals surface area contributed by atoms with E-state index in [4.69, 9.17) is 16.3 Å². The van der Waals surface area contributed by atoms with Gasteiger partial charge in [-0.1, -0.05) is 61.9 Å². The lowest BCUT2D eigenvalue weighted by atomic mass is 9.78. The molecule has 0 unspecified atom stereocenters. The van der Waals surface area contributed by atoms with Gasteiger partial charge in [-0.2, -0.15) is 18.4 Å². The summed E-state index contributed by atoms with van der Waals surface area (Å²) in [5.41, 5.74) is -2.44. The van der Waals surface area contributed by atoms with Gasteiger partial charge in [0.05, 0.1) is 17.9 Å². The number of benzene rings is 2. The molecule has 0 bridgehead atoms. The van der Waals surface area contributed by atoms with Crippen molar-refractivity contribution in [2.45, 2.75) is 25.9 Å². The van der Waals surface area contributed by atoms with Crippen LogP contribution in [0.4, 0.5) is 13.2 Å². The molecule has 8 heteroatoms. The third kappa shape index (κ3) is 4.00. The molecule has 1 N–H and O–H groups in total. The van der Waals surface area contributed by atoms with Crippen LogP contribution in [0.25, 0.3) is 0 Å². The van der Waals surface area contributed by atoms with Gasteiger partial charge in [-0.05, 0) is 35.2 Å². The van der Waals surface area contributed by atoms with Crippen molar-refractivity contribution >= 4 is 17.6 Å². The summed E-state index contributed by atoms with van der Waals surface area (Å²) < 4.78 is 45.4. The number of rotatable bonds is 6. The highest BCUT2D eigenvalue weighted by Crippen LogP contribution is 2.76. The van der Waals surface area contributed by atoms with Crippen molar-refractivity contribution in [2.24, 2.45) is 16.7 Å². The smallest absolute Gasteiger partial charge is 0.426 e. The zero-order valence-corrected chi connectivity index (χ0v) is 17.4. The second kappa shape index (κ2) is 7.93. The first-order chi connectivity index (χ1) is 14.4. The average Bonchev–Trinajstić information content (AvgIpc) is 3.17. The molecule has 2 aromatic carbocycles. The van der Waals surface area contributed by atoms with E-state index in [0.717, 1.165) is 0 Å². The number of hydrogen-bond acceptors (Lipinski definition) is 3. The van der Waals surface area contributed by atoms with Gasteiger partial charge in [0, 0.05) is 5.41 Å². The summed E-state index contributed by atoms with van der Waals surface area (Å²) in [7, 11) is 0. The van der Waals surface area contributed by atoms with Crippen LogP contribution in [0.2, 0.25) is 0 Å². The fraction of sp³-hybridized carbons (Fsp3) is 0.304. The summed E-state index contributed by atoms with van der Waals surface area (Å²) in [6.45, 7) is 3.05. The number of nitrogens with zero attached hydrogens (tertiary/aromatic N) is 1. The average molecular weight is 450 g/mol. The highest BCUT2D eigenvalue weighted by Gasteiger charge is 2.77. The minimum absolute atomic E-state index is 0.343. The van der Waals surface area contributed by atoms with E-state index in [-0.39, 0.29) is 0 Å². The fourth-order valence-electron chi connectivity index (χ4n) is 4.37. The molecule has 31 heavy (non-hydrogen) atoms. The Morgan fingerprint density at radius 2 is 1.81 bits per heavy atom. The summed E-state index contributed by atoms with van der Waals surface area (Å²) in [5, 5.41) is 18.2. The second-order valence-electron chi connectivity index (χ2n) is 7.97. The number of halogens is 4. The molecule has 0 amide bonds. The Morgan fingerprint density at radius 3 is 2.32 bits per heavy atom. The van der Waals surface area contributed by atoms with E-state index < -0.39 is 39.8 Å².